The number of benzene rings is 3. The number of nitrogens with one attached hydrogen (secondary N) is 1. The van der Waals surface area contributed by atoms with Crippen LogP contribution in [0.15, 0.2) is 71.8 Å². The first-order valence-corrected chi connectivity index (χ1v) is 9.40. The lowest BCUT2D eigenvalue weighted by molar-refractivity contribution is 0.0729. The Bertz CT molecular complexity index is 1090. The Labute approximate surface area is 179 Å². The van der Waals surface area contributed by atoms with Crippen LogP contribution in [0.25, 0.3) is 0 Å². The highest BCUT2D eigenvalue weighted by molar-refractivity contribution is 6.30. The first-order valence-electron chi connectivity index (χ1n) is 9.03. The van der Waals surface area contributed by atoms with Gasteiger partial charge in [-0.3, -0.25) is 4.79 Å². The van der Waals surface area contributed by atoms with Gasteiger partial charge in [-0.2, -0.15) is 5.10 Å². The number of aryl methyl sites for hydroxylation is 1. The van der Waals surface area contributed by atoms with Crippen LogP contribution >= 0.6 is 11.6 Å². The van der Waals surface area contributed by atoms with Crippen LogP contribution in [0, 0.1) is 6.92 Å². The maximum absolute atomic E-state index is 12.3. The molecule has 0 unspecified atom stereocenters. The van der Waals surface area contributed by atoms with Gasteiger partial charge in [0.25, 0.3) is 5.91 Å². The molecule has 0 radical (unpaired) electrons. The van der Waals surface area contributed by atoms with E-state index < -0.39 is 5.97 Å². The molecule has 3 aromatic carbocycles. The van der Waals surface area contributed by atoms with Crippen molar-refractivity contribution in [3.8, 4) is 11.5 Å². The topological polar surface area (TPSA) is 77.0 Å². The number of hydrogen-bond acceptors (Lipinski definition) is 5. The number of hydrogen-bond donors (Lipinski definition) is 1. The molecule has 152 valence electrons. The lowest BCUT2D eigenvalue weighted by atomic mass is 10.1. The summed E-state index contributed by atoms with van der Waals surface area (Å²) in [4.78, 5) is 24.5. The molecule has 0 heterocycles. The smallest absolute Gasteiger partial charge is 0.343 e. The summed E-state index contributed by atoms with van der Waals surface area (Å²) in [5.74, 6) is -0.216. The van der Waals surface area contributed by atoms with Crippen LogP contribution in [0.4, 0.5) is 0 Å². The molecule has 6 nitrogen and oxygen atoms in total. The van der Waals surface area contributed by atoms with E-state index >= 15 is 0 Å². The molecule has 0 fully saturated rings. The lowest BCUT2D eigenvalue weighted by Gasteiger charge is -2.10. The summed E-state index contributed by atoms with van der Waals surface area (Å²) in [6.07, 6.45) is 1.48. The number of nitrogens with zero attached hydrogens (tertiary/aromatic N) is 1. The Balaban J connectivity index is 1.68. The van der Waals surface area contributed by atoms with Gasteiger partial charge < -0.3 is 9.47 Å². The quantitative estimate of drug-likeness (QED) is 0.272. The third-order valence-corrected chi connectivity index (χ3v) is 4.49. The zero-order chi connectivity index (χ0) is 21.5. The summed E-state index contributed by atoms with van der Waals surface area (Å²) in [6, 6.07) is 18.6. The van der Waals surface area contributed by atoms with Crippen molar-refractivity contribution in [3.05, 3.63) is 94.0 Å². The van der Waals surface area contributed by atoms with Gasteiger partial charge in [0.1, 0.15) is 0 Å². The standard InChI is InChI=1S/C23H19ClN2O4/c1-15-5-3-4-6-19(15)22(27)26-25-14-16-7-12-20(21(13-16)29-2)30-23(28)17-8-10-18(24)11-9-17/h3-14H,1-2H3,(H,26,27)/b25-14+. The molecule has 3 aromatic rings. The zero-order valence-electron chi connectivity index (χ0n) is 16.4. The van der Waals surface area contributed by atoms with Crippen molar-refractivity contribution in [3.63, 3.8) is 0 Å². The van der Waals surface area contributed by atoms with Crippen molar-refractivity contribution >= 4 is 29.7 Å². The fourth-order valence-corrected chi connectivity index (χ4v) is 2.77. The molecule has 3 rings (SSSR count). The summed E-state index contributed by atoms with van der Waals surface area (Å²) >= 11 is 5.83. The highest BCUT2D eigenvalue weighted by atomic mass is 35.5. The number of ether oxygens (including phenoxy) is 2. The molecule has 0 aromatic heterocycles. The highest BCUT2D eigenvalue weighted by Gasteiger charge is 2.13. The molecule has 1 amide bonds. The van der Waals surface area contributed by atoms with Crippen LogP contribution in [0.5, 0.6) is 11.5 Å². The van der Waals surface area contributed by atoms with E-state index in [4.69, 9.17) is 21.1 Å². The largest absolute Gasteiger partial charge is 0.493 e. The van der Waals surface area contributed by atoms with E-state index in [1.807, 2.05) is 19.1 Å². The number of carbonyl (C=O) groups excluding carboxylic acids is 2. The summed E-state index contributed by atoms with van der Waals surface area (Å²) in [5.41, 5.74) is 4.93. The SMILES string of the molecule is COc1cc(/C=N/NC(=O)c2ccccc2C)ccc1OC(=O)c1ccc(Cl)cc1. The maximum Gasteiger partial charge on any atom is 0.343 e. The van der Waals surface area contributed by atoms with Crippen molar-refractivity contribution in [2.45, 2.75) is 6.92 Å². The molecule has 0 aliphatic carbocycles. The molecule has 0 bridgehead atoms. The van der Waals surface area contributed by atoms with Crippen molar-refractivity contribution < 1.29 is 19.1 Å². The number of halogens is 1. The van der Waals surface area contributed by atoms with Crippen LogP contribution < -0.4 is 14.9 Å². The fraction of sp³-hybridized carbons (Fsp3) is 0.0870. The second-order valence-corrected chi connectivity index (χ2v) is 6.76. The summed E-state index contributed by atoms with van der Waals surface area (Å²) < 4.78 is 10.7. The zero-order valence-corrected chi connectivity index (χ0v) is 17.1. The van der Waals surface area contributed by atoms with Gasteiger partial charge in [0.05, 0.1) is 18.9 Å². The minimum atomic E-state index is -0.531. The predicted octanol–water partition coefficient (Wildman–Crippen LogP) is 4.64. The number of amides is 1. The fourth-order valence-electron chi connectivity index (χ4n) is 2.65. The molecule has 30 heavy (non-hydrogen) atoms. The number of esters is 1. The van der Waals surface area contributed by atoms with Gasteiger partial charge >= 0.3 is 5.97 Å². The first-order chi connectivity index (χ1) is 14.5. The second kappa shape index (κ2) is 9.71. The number of carbonyl (C=O) groups is 2. The highest BCUT2D eigenvalue weighted by Crippen LogP contribution is 2.28. The van der Waals surface area contributed by atoms with E-state index in [0.717, 1.165) is 5.56 Å². The van der Waals surface area contributed by atoms with Crippen molar-refractivity contribution in [1.82, 2.24) is 5.43 Å². The van der Waals surface area contributed by atoms with Crippen LogP contribution in [0.3, 0.4) is 0 Å². The van der Waals surface area contributed by atoms with Crippen LogP contribution in [-0.4, -0.2) is 25.2 Å². The second-order valence-electron chi connectivity index (χ2n) is 6.32. The van der Waals surface area contributed by atoms with Crippen molar-refractivity contribution in [2.24, 2.45) is 5.10 Å². The maximum atomic E-state index is 12.3. The Morgan fingerprint density at radius 1 is 1.00 bits per heavy atom. The minimum absolute atomic E-state index is 0.263. The van der Waals surface area contributed by atoms with Crippen LogP contribution in [0.1, 0.15) is 31.8 Å². The molecule has 1 N–H and O–H groups in total. The van der Waals surface area contributed by atoms with Gasteiger partial charge in [-0.05, 0) is 66.6 Å². The molecule has 7 heteroatoms. The molecule has 0 spiro atoms. The van der Waals surface area contributed by atoms with Gasteiger partial charge in [0, 0.05) is 10.6 Å². The summed E-state index contributed by atoms with van der Waals surface area (Å²) in [5, 5.41) is 4.51. The third-order valence-electron chi connectivity index (χ3n) is 4.24. The molecule has 0 aliphatic heterocycles. The Morgan fingerprint density at radius 3 is 2.43 bits per heavy atom. The first kappa shape index (κ1) is 21.1. The van der Waals surface area contributed by atoms with Gasteiger partial charge in [-0.25, -0.2) is 10.2 Å². The average Bonchev–Trinajstić information content (AvgIpc) is 2.75. The van der Waals surface area contributed by atoms with Crippen LogP contribution in [0.2, 0.25) is 5.02 Å². The van der Waals surface area contributed by atoms with E-state index in [1.54, 1.807) is 54.6 Å². The van der Waals surface area contributed by atoms with E-state index in [0.29, 0.717) is 27.5 Å². The van der Waals surface area contributed by atoms with E-state index in [2.05, 4.69) is 10.5 Å². The monoisotopic (exact) mass is 422 g/mol. The van der Waals surface area contributed by atoms with Gasteiger partial charge in [-0.15, -0.1) is 0 Å². The molecule has 0 saturated heterocycles. The Morgan fingerprint density at radius 2 is 1.73 bits per heavy atom. The van der Waals surface area contributed by atoms with Crippen molar-refractivity contribution in [1.29, 1.82) is 0 Å². The molecular formula is C23H19ClN2O4. The lowest BCUT2D eigenvalue weighted by Crippen LogP contribution is -2.18. The van der Waals surface area contributed by atoms with E-state index in [1.165, 1.54) is 13.3 Å². The van der Waals surface area contributed by atoms with Gasteiger partial charge in [0.15, 0.2) is 11.5 Å². The Hall–Kier alpha value is -3.64. The molecule has 0 aliphatic rings. The molecule has 0 atom stereocenters. The molecular weight excluding hydrogens is 404 g/mol. The minimum Gasteiger partial charge on any atom is -0.493 e. The third kappa shape index (κ3) is 5.24. The number of rotatable bonds is 6. The average molecular weight is 423 g/mol. The predicted molar refractivity (Wildman–Crippen MR) is 116 cm³/mol. The van der Waals surface area contributed by atoms with Crippen LogP contribution in [-0.2, 0) is 0 Å². The van der Waals surface area contributed by atoms with Gasteiger partial charge in [0.2, 0.25) is 0 Å². The number of methoxy groups -OCH3 is 1. The van der Waals surface area contributed by atoms with E-state index in [-0.39, 0.29) is 11.7 Å². The van der Waals surface area contributed by atoms with Gasteiger partial charge in [-0.1, -0.05) is 29.8 Å². The Kier molecular flexibility index (Phi) is 6.83. The van der Waals surface area contributed by atoms with Crippen molar-refractivity contribution in [2.75, 3.05) is 7.11 Å². The summed E-state index contributed by atoms with van der Waals surface area (Å²) in [7, 11) is 1.47. The van der Waals surface area contributed by atoms with E-state index in [9.17, 15) is 9.59 Å². The number of hydrazone groups is 1. The normalized spacial score (nSPS) is 10.6. The summed E-state index contributed by atoms with van der Waals surface area (Å²) in [6.45, 7) is 1.85. The molecule has 0 saturated carbocycles.